The molecule has 8 nitrogen and oxygen atoms in total. The molecule has 3 rings (SSSR count). The highest BCUT2D eigenvalue weighted by atomic mass is 32.2. The van der Waals surface area contributed by atoms with Crippen LogP contribution in [0.2, 0.25) is 0 Å². The number of piperazine rings is 1. The Bertz CT molecular complexity index is 1000. The van der Waals surface area contributed by atoms with Gasteiger partial charge in [-0.2, -0.15) is 0 Å². The van der Waals surface area contributed by atoms with E-state index in [0.717, 1.165) is 17.7 Å². The van der Waals surface area contributed by atoms with Crippen LogP contribution in [0, 0.1) is 0 Å². The summed E-state index contributed by atoms with van der Waals surface area (Å²) in [6.07, 6.45) is 1.11. The molecule has 1 aliphatic rings. The molecule has 168 valence electrons. The lowest BCUT2D eigenvalue weighted by Crippen LogP contribution is -2.55. The number of para-hydroxylation sites is 2. The number of hydrogen-bond donors (Lipinski definition) is 0. The minimum Gasteiger partial charge on any atom is -0.497 e. The number of ether oxygens (including phenoxy) is 2. The smallest absolute Gasteiger partial charge is 0.246 e. The van der Waals surface area contributed by atoms with E-state index < -0.39 is 16.1 Å². The Labute approximate surface area is 184 Å². The topological polar surface area (TPSA) is 79.4 Å². The summed E-state index contributed by atoms with van der Waals surface area (Å²) >= 11 is 0. The number of anilines is 2. The van der Waals surface area contributed by atoms with Gasteiger partial charge in [-0.3, -0.25) is 9.10 Å². The lowest BCUT2D eigenvalue weighted by molar-refractivity contribution is -0.132. The summed E-state index contributed by atoms with van der Waals surface area (Å²) in [6, 6.07) is 13.6. The van der Waals surface area contributed by atoms with Crippen LogP contribution in [0.3, 0.4) is 0 Å². The third kappa shape index (κ3) is 5.04. The van der Waals surface area contributed by atoms with Crippen molar-refractivity contribution in [1.82, 2.24) is 4.90 Å². The Hall–Kier alpha value is -2.94. The first kappa shape index (κ1) is 22.7. The zero-order chi connectivity index (χ0) is 22.6. The molecule has 1 saturated heterocycles. The predicted octanol–water partition coefficient (Wildman–Crippen LogP) is 2.21. The van der Waals surface area contributed by atoms with Gasteiger partial charge >= 0.3 is 0 Å². The highest BCUT2D eigenvalue weighted by Crippen LogP contribution is 2.29. The molecule has 1 aliphatic heterocycles. The average molecular weight is 448 g/mol. The molecule has 0 bridgehead atoms. The molecule has 2 aromatic rings. The van der Waals surface area contributed by atoms with Gasteiger partial charge in [-0.05, 0) is 43.3 Å². The van der Waals surface area contributed by atoms with E-state index in [2.05, 4.69) is 4.90 Å². The lowest BCUT2D eigenvalue weighted by Gasteiger charge is -2.39. The highest BCUT2D eigenvalue weighted by Gasteiger charge is 2.33. The van der Waals surface area contributed by atoms with E-state index in [4.69, 9.17) is 9.47 Å². The van der Waals surface area contributed by atoms with Crippen LogP contribution in [0.15, 0.2) is 48.5 Å². The summed E-state index contributed by atoms with van der Waals surface area (Å²) in [5.41, 5.74) is 1.41. The van der Waals surface area contributed by atoms with Gasteiger partial charge in [0.1, 0.15) is 17.5 Å². The fourth-order valence-electron chi connectivity index (χ4n) is 3.85. The van der Waals surface area contributed by atoms with Crippen molar-refractivity contribution in [2.24, 2.45) is 0 Å². The van der Waals surface area contributed by atoms with Crippen molar-refractivity contribution < 1.29 is 22.7 Å². The summed E-state index contributed by atoms with van der Waals surface area (Å²) in [7, 11) is -0.485. The number of methoxy groups -OCH3 is 2. The highest BCUT2D eigenvalue weighted by molar-refractivity contribution is 7.92. The van der Waals surface area contributed by atoms with Gasteiger partial charge < -0.3 is 19.3 Å². The van der Waals surface area contributed by atoms with Crippen LogP contribution in [-0.4, -0.2) is 71.9 Å². The second-order valence-corrected chi connectivity index (χ2v) is 9.28. The Balaban J connectivity index is 1.73. The molecule has 0 saturated carbocycles. The molecule has 0 aliphatic carbocycles. The van der Waals surface area contributed by atoms with Crippen molar-refractivity contribution >= 4 is 27.3 Å². The predicted molar refractivity (Wildman–Crippen MR) is 122 cm³/mol. The standard InChI is InChI=1S/C22H29N3O5S/c1-17(25(31(4,27)28)18-9-11-19(29-2)12-10-18)22(26)24-15-13-23(14-16-24)20-7-5-6-8-21(20)30-3/h5-12,17H,13-16H2,1-4H3/t17-/m1/s1. The van der Waals surface area contributed by atoms with Gasteiger partial charge in [0.15, 0.2) is 0 Å². The quantitative estimate of drug-likeness (QED) is 0.648. The largest absolute Gasteiger partial charge is 0.497 e. The van der Waals surface area contributed by atoms with Gasteiger partial charge in [0, 0.05) is 26.2 Å². The number of hydrogen-bond acceptors (Lipinski definition) is 6. The fraction of sp³-hybridized carbons (Fsp3) is 0.409. The number of carbonyl (C=O) groups excluding carboxylic acids is 1. The number of sulfonamides is 1. The third-order valence-corrected chi connectivity index (χ3v) is 6.65. The van der Waals surface area contributed by atoms with E-state index >= 15 is 0 Å². The number of amides is 1. The molecule has 9 heteroatoms. The van der Waals surface area contributed by atoms with Crippen molar-refractivity contribution in [3.63, 3.8) is 0 Å². The molecule has 0 unspecified atom stereocenters. The first-order valence-electron chi connectivity index (χ1n) is 10.1. The molecular formula is C22H29N3O5S. The van der Waals surface area contributed by atoms with Crippen molar-refractivity contribution in [3.8, 4) is 11.5 Å². The average Bonchev–Trinajstić information content (AvgIpc) is 2.78. The maximum Gasteiger partial charge on any atom is 0.246 e. The van der Waals surface area contributed by atoms with Gasteiger partial charge in [0.05, 0.1) is 31.9 Å². The monoisotopic (exact) mass is 447 g/mol. The molecular weight excluding hydrogens is 418 g/mol. The SMILES string of the molecule is COc1ccc(N([C@H](C)C(=O)N2CCN(c3ccccc3OC)CC2)S(C)(=O)=O)cc1. The van der Waals surface area contributed by atoms with Crippen LogP contribution in [0.1, 0.15) is 6.92 Å². The van der Waals surface area contributed by atoms with Gasteiger partial charge in [-0.25, -0.2) is 8.42 Å². The van der Waals surface area contributed by atoms with Crippen LogP contribution in [-0.2, 0) is 14.8 Å². The lowest BCUT2D eigenvalue weighted by atomic mass is 10.2. The van der Waals surface area contributed by atoms with Crippen molar-refractivity contribution in [2.75, 3.05) is 55.9 Å². The molecule has 1 fully saturated rings. The van der Waals surface area contributed by atoms with Crippen molar-refractivity contribution in [2.45, 2.75) is 13.0 Å². The molecule has 1 heterocycles. The van der Waals surface area contributed by atoms with E-state index in [1.807, 2.05) is 24.3 Å². The zero-order valence-corrected chi connectivity index (χ0v) is 19.1. The molecule has 0 spiro atoms. The Morgan fingerprint density at radius 3 is 2.13 bits per heavy atom. The second-order valence-electron chi connectivity index (χ2n) is 7.42. The molecule has 0 radical (unpaired) electrons. The normalized spacial score (nSPS) is 15.4. The van der Waals surface area contributed by atoms with E-state index in [0.29, 0.717) is 37.6 Å². The van der Waals surface area contributed by atoms with Crippen molar-refractivity contribution in [1.29, 1.82) is 0 Å². The van der Waals surface area contributed by atoms with Crippen LogP contribution in [0.25, 0.3) is 0 Å². The molecule has 2 aromatic carbocycles. The van der Waals surface area contributed by atoms with Crippen molar-refractivity contribution in [3.05, 3.63) is 48.5 Å². The van der Waals surface area contributed by atoms with E-state index in [9.17, 15) is 13.2 Å². The molecule has 1 atom stereocenters. The van der Waals surface area contributed by atoms with Crippen LogP contribution in [0.4, 0.5) is 11.4 Å². The van der Waals surface area contributed by atoms with Gasteiger partial charge in [-0.15, -0.1) is 0 Å². The summed E-state index contributed by atoms with van der Waals surface area (Å²) in [5.74, 6) is 1.18. The molecule has 1 amide bonds. The van der Waals surface area contributed by atoms with Crippen LogP contribution in [0.5, 0.6) is 11.5 Å². The van der Waals surface area contributed by atoms with Gasteiger partial charge in [0.25, 0.3) is 0 Å². The Morgan fingerprint density at radius 2 is 1.58 bits per heavy atom. The van der Waals surface area contributed by atoms with Gasteiger partial charge in [-0.1, -0.05) is 12.1 Å². The van der Waals surface area contributed by atoms with E-state index in [-0.39, 0.29) is 5.91 Å². The van der Waals surface area contributed by atoms with E-state index in [1.54, 1.807) is 50.3 Å². The molecule has 31 heavy (non-hydrogen) atoms. The Morgan fingerprint density at radius 1 is 0.968 bits per heavy atom. The number of benzene rings is 2. The maximum absolute atomic E-state index is 13.2. The van der Waals surface area contributed by atoms with E-state index in [1.165, 1.54) is 4.31 Å². The summed E-state index contributed by atoms with van der Waals surface area (Å²) < 4.78 is 36.8. The fourth-order valence-corrected chi connectivity index (χ4v) is 5.02. The summed E-state index contributed by atoms with van der Waals surface area (Å²) in [4.78, 5) is 17.1. The molecule has 0 N–H and O–H groups in total. The molecule has 0 aromatic heterocycles. The minimum atomic E-state index is -3.67. The number of carbonyl (C=O) groups is 1. The maximum atomic E-state index is 13.2. The number of nitrogens with zero attached hydrogens (tertiary/aromatic N) is 3. The summed E-state index contributed by atoms with van der Waals surface area (Å²) in [6.45, 7) is 3.91. The zero-order valence-electron chi connectivity index (χ0n) is 18.3. The van der Waals surface area contributed by atoms with Gasteiger partial charge in [0.2, 0.25) is 15.9 Å². The first-order valence-corrected chi connectivity index (χ1v) is 11.9. The van der Waals surface area contributed by atoms with Crippen LogP contribution < -0.4 is 18.7 Å². The first-order chi connectivity index (χ1) is 14.8. The summed E-state index contributed by atoms with van der Waals surface area (Å²) in [5, 5.41) is 0. The van der Waals surface area contributed by atoms with Crippen LogP contribution >= 0.6 is 0 Å². The number of rotatable bonds is 7. The second kappa shape index (κ2) is 9.47. The Kier molecular flexibility index (Phi) is 6.94. The third-order valence-electron chi connectivity index (χ3n) is 5.41. The minimum absolute atomic E-state index is 0.221.